The van der Waals surface area contributed by atoms with Gasteiger partial charge in [0.25, 0.3) is 0 Å². The third-order valence-electron chi connectivity index (χ3n) is 1.57. The Morgan fingerprint density at radius 2 is 0.944 bits per heavy atom. The number of rotatable bonds is 15. The Kier molecular flexibility index (Phi) is 16.4. The fourth-order valence-corrected chi connectivity index (χ4v) is 0.811. The molecule has 0 radical (unpaired) electrons. The summed E-state index contributed by atoms with van der Waals surface area (Å²) in [5.41, 5.74) is 0. The van der Waals surface area contributed by atoms with Gasteiger partial charge in [-0.1, -0.05) is 0 Å². The highest BCUT2D eigenvalue weighted by molar-refractivity contribution is 4.26. The van der Waals surface area contributed by atoms with Gasteiger partial charge in [0.15, 0.2) is 0 Å². The van der Waals surface area contributed by atoms with E-state index in [0.29, 0.717) is 26.4 Å². The fourth-order valence-electron chi connectivity index (χ4n) is 0.811. The van der Waals surface area contributed by atoms with Crippen molar-refractivity contribution in [1.82, 2.24) is 0 Å². The normalized spacial score (nSPS) is 11.0. The van der Waals surface area contributed by atoms with E-state index < -0.39 is 0 Å². The lowest BCUT2D eigenvalue weighted by molar-refractivity contribution is -0.146. The van der Waals surface area contributed by atoms with Crippen LogP contribution in [0.15, 0.2) is 0 Å². The molecule has 0 aromatic carbocycles. The lowest BCUT2D eigenvalue weighted by atomic mass is 10.8. The molecule has 8 nitrogen and oxygen atoms in total. The van der Waals surface area contributed by atoms with E-state index >= 15 is 0 Å². The van der Waals surface area contributed by atoms with Crippen molar-refractivity contribution in [2.45, 2.75) is 0 Å². The molecule has 0 aliphatic carbocycles. The zero-order chi connectivity index (χ0) is 13.3. The molecule has 0 aliphatic rings. The molecule has 8 heteroatoms. The third-order valence-corrected chi connectivity index (χ3v) is 1.57. The Bertz CT molecular complexity index is 130. The van der Waals surface area contributed by atoms with E-state index in [-0.39, 0.29) is 40.4 Å². The maximum absolute atomic E-state index is 8.40. The first kappa shape index (κ1) is 17.7. The van der Waals surface area contributed by atoms with Crippen LogP contribution in [0.5, 0.6) is 0 Å². The standard InChI is InChI=1S/C10H22O8/c11-1-2-14-9-18-10-17-6-5-16-8-15-4-3-13-7-12/h11-12H,1-10H2. The van der Waals surface area contributed by atoms with Crippen LogP contribution in [0.25, 0.3) is 0 Å². The van der Waals surface area contributed by atoms with Crippen LogP contribution < -0.4 is 0 Å². The molecule has 0 rings (SSSR count). The van der Waals surface area contributed by atoms with E-state index in [0.717, 1.165) is 0 Å². The molecule has 0 bridgehead atoms. The molecule has 0 saturated carbocycles. The molecule has 0 fully saturated rings. The van der Waals surface area contributed by atoms with Gasteiger partial charge in [0.1, 0.15) is 27.2 Å². The van der Waals surface area contributed by atoms with Gasteiger partial charge in [-0.2, -0.15) is 0 Å². The number of aliphatic hydroxyl groups is 2. The second-order valence-corrected chi connectivity index (χ2v) is 2.95. The first-order valence-electron chi connectivity index (χ1n) is 5.60. The molecule has 0 aromatic rings. The minimum Gasteiger partial charge on any atom is -0.394 e. The van der Waals surface area contributed by atoms with Crippen molar-refractivity contribution in [3.05, 3.63) is 0 Å². The highest BCUT2D eigenvalue weighted by atomic mass is 16.7. The fraction of sp³-hybridized carbons (Fsp3) is 1.00. The Labute approximate surface area is 106 Å². The minimum absolute atomic E-state index is 0.0264. The molecule has 2 N–H and O–H groups in total. The predicted molar refractivity (Wildman–Crippen MR) is 59.6 cm³/mol. The number of hydrogen-bond acceptors (Lipinski definition) is 8. The molecule has 0 aliphatic heterocycles. The van der Waals surface area contributed by atoms with Gasteiger partial charge in [-0.3, -0.25) is 0 Å². The van der Waals surface area contributed by atoms with Crippen molar-refractivity contribution >= 4 is 0 Å². The van der Waals surface area contributed by atoms with E-state index in [2.05, 4.69) is 4.74 Å². The van der Waals surface area contributed by atoms with E-state index in [4.69, 9.17) is 33.9 Å². The molecule has 18 heavy (non-hydrogen) atoms. The molecule has 110 valence electrons. The quantitative estimate of drug-likeness (QED) is 0.286. The smallest absolute Gasteiger partial charge is 0.149 e. The Hall–Kier alpha value is -0.320. The van der Waals surface area contributed by atoms with Crippen molar-refractivity contribution in [1.29, 1.82) is 0 Å². The van der Waals surface area contributed by atoms with Crippen LogP contribution in [-0.2, 0) is 28.4 Å². The van der Waals surface area contributed by atoms with Gasteiger partial charge < -0.3 is 38.6 Å². The first-order chi connectivity index (χ1) is 8.91. The van der Waals surface area contributed by atoms with Crippen LogP contribution >= 0.6 is 0 Å². The SMILES string of the molecule is OCCOCOCOCCOCOCCOCO. The minimum atomic E-state index is -0.305. The van der Waals surface area contributed by atoms with Crippen molar-refractivity contribution < 1.29 is 38.6 Å². The molecule has 0 spiro atoms. The molecular formula is C10H22O8. The highest BCUT2D eigenvalue weighted by Gasteiger charge is 1.92. The second kappa shape index (κ2) is 16.7. The largest absolute Gasteiger partial charge is 0.394 e. The molecule has 0 unspecified atom stereocenters. The predicted octanol–water partition coefficient (Wildman–Crippen LogP) is -1.10. The lowest BCUT2D eigenvalue weighted by Crippen LogP contribution is -2.12. The zero-order valence-electron chi connectivity index (χ0n) is 10.4. The molecule has 0 aromatic heterocycles. The summed E-state index contributed by atoms with van der Waals surface area (Å²) < 4.78 is 29.6. The first-order valence-corrected chi connectivity index (χ1v) is 5.60. The van der Waals surface area contributed by atoms with Crippen LogP contribution in [0.3, 0.4) is 0 Å². The van der Waals surface area contributed by atoms with Crippen molar-refractivity contribution in [2.75, 3.05) is 66.8 Å². The Morgan fingerprint density at radius 1 is 0.500 bits per heavy atom. The summed E-state index contributed by atoms with van der Waals surface area (Å²) in [6, 6.07) is 0. The molecule has 0 atom stereocenters. The van der Waals surface area contributed by atoms with Gasteiger partial charge in [-0.05, 0) is 0 Å². The van der Waals surface area contributed by atoms with Crippen LogP contribution in [0.2, 0.25) is 0 Å². The van der Waals surface area contributed by atoms with Gasteiger partial charge in [-0.15, -0.1) is 0 Å². The maximum atomic E-state index is 8.40. The van der Waals surface area contributed by atoms with Crippen LogP contribution in [0.1, 0.15) is 0 Å². The van der Waals surface area contributed by atoms with Gasteiger partial charge in [-0.25, -0.2) is 0 Å². The molecular weight excluding hydrogens is 248 g/mol. The van der Waals surface area contributed by atoms with Crippen LogP contribution in [-0.4, -0.2) is 77.0 Å². The van der Waals surface area contributed by atoms with E-state index in [1.54, 1.807) is 0 Å². The summed E-state index contributed by atoms with van der Waals surface area (Å²) in [4.78, 5) is 0. The summed E-state index contributed by atoms with van der Waals surface area (Å²) in [5.74, 6) is 0. The Morgan fingerprint density at radius 3 is 1.44 bits per heavy atom. The van der Waals surface area contributed by atoms with Crippen molar-refractivity contribution in [3.8, 4) is 0 Å². The molecule has 0 amide bonds. The van der Waals surface area contributed by atoms with Gasteiger partial charge >= 0.3 is 0 Å². The van der Waals surface area contributed by atoms with Crippen LogP contribution in [0, 0.1) is 0 Å². The molecule has 0 saturated heterocycles. The number of hydrogen-bond donors (Lipinski definition) is 2. The third kappa shape index (κ3) is 15.7. The Balaban J connectivity index is 2.86. The highest BCUT2D eigenvalue weighted by Crippen LogP contribution is 1.84. The maximum Gasteiger partial charge on any atom is 0.149 e. The summed E-state index contributed by atoms with van der Waals surface area (Å²) in [6.45, 7) is 1.75. The average molecular weight is 270 g/mol. The molecule has 0 heterocycles. The summed E-state index contributed by atoms with van der Waals surface area (Å²) in [5, 5.41) is 16.7. The lowest BCUT2D eigenvalue weighted by Gasteiger charge is -2.07. The van der Waals surface area contributed by atoms with E-state index in [9.17, 15) is 0 Å². The number of ether oxygens (including phenoxy) is 6. The topological polar surface area (TPSA) is 95.8 Å². The number of aliphatic hydroxyl groups excluding tert-OH is 2. The zero-order valence-corrected chi connectivity index (χ0v) is 10.4. The van der Waals surface area contributed by atoms with Crippen molar-refractivity contribution in [3.63, 3.8) is 0 Å². The summed E-state index contributed by atoms with van der Waals surface area (Å²) >= 11 is 0. The van der Waals surface area contributed by atoms with Gasteiger partial charge in [0.05, 0.1) is 39.6 Å². The van der Waals surface area contributed by atoms with E-state index in [1.165, 1.54) is 0 Å². The van der Waals surface area contributed by atoms with Crippen molar-refractivity contribution in [2.24, 2.45) is 0 Å². The summed E-state index contributed by atoms with van der Waals surface area (Å²) in [7, 11) is 0. The van der Waals surface area contributed by atoms with E-state index in [1.807, 2.05) is 0 Å². The summed E-state index contributed by atoms with van der Waals surface area (Å²) in [6.07, 6.45) is 0. The monoisotopic (exact) mass is 270 g/mol. The average Bonchev–Trinajstić information content (AvgIpc) is 2.39. The van der Waals surface area contributed by atoms with Gasteiger partial charge in [0, 0.05) is 0 Å². The van der Waals surface area contributed by atoms with Gasteiger partial charge in [0.2, 0.25) is 0 Å². The second-order valence-electron chi connectivity index (χ2n) is 2.95. The van der Waals surface area contributed by atoms with Crippen LogP contribution in [0.4, 0.5) is 0 Å².